The molecule has 2 aliphatic rings. The highest BCUT2D eigenvalue weighted by atomic mass is 32.1. The van der Waals surface area contributed by atoms with Gasteiger partial charge in [-0.3, -0.25) is 4.79 Å². The summed E-state index contributed by atoms with van der Waals surface area (Å²) in [6.45, 7) is 4.25. The van der Waals surface area contributed by atoms with E-state index in [1.165, 1.54) is 23.3 Å². The smallest absolute Gasteiger partial charge is 0.250 e. The van der Waals surface area contributed by atoms with Gasteiger partial charge in [0, 0.05) is 70.9 Å². The zero-order valence-electron chi connectivity index (χ0n) is 24.9. The van der Waals surface area contributed by atoms with Crippen molar-refractivity contribution in [3.05, 3.63) is 93.5 Å². The van der Waals surface area contributed by atoms with Gasteiger partial charge in [-0.2, -0.15) is 0 Å². The highest BCUT2D eigenvalue weighted by molar-refractivity contribution is 7.18. The van der Waals surface area contributed by atoms with Crippen molar-refractivity contribution in [2.24, 2.45) is 0 Å². The minimum absolute atomic E-state index is 0.0262. The molecule has 1 saturated heterocycles. The molecule has 0 amide bonds. The third kappa shape index (κ3) is 5.45. The van der Waals surface area contributed by atoms with Crippen molar-refractivity contribution in [3.8, 4) is 39.4 Å². The number of fused-ring (bicyclic) bond motifs is 2. The number of pyridine rings is 2. The zero-order valence-corrected chi connectivity index (χ0v) is 25.8. The van der Waals surface area contributed by atoms with Gasteiger partial charge in [-0.05, 0) is 79.8 Å². The number of likely N-dealkylation sites (N-methyl/N-ethyl adjacent to an activating group) is 1. The van der Waals surface area contributed by atoms with Crippen LogP contribution in [0, 0.1) is 5.82 Å². The minimum atomic E-state index is -0.378. The predicted molar refractivity (Wildman–Crippen MR) is 174 cm³/mol. The number of benzene rings is 2. The lowest BCUT2D eigenvalue weighted by Gasteiger charge is -2.21. The molecule has 1 unspecified atom stereocenters. The van der Waals surface area contributed by atoms with Crippen LogP contribution < -0.4 is 15.6 Å². The Bertz CT molecular complexity index is 1900. The number of nitrogens with zero attached hydrogens (tertiary/aromatic N) is 3. The topological polar surface area (TPSA) is 68.6 Å². The second kappa shape index (κ2) is 12.2. The van der Waals surface area contributed by atoms with Crippen LogP contribution in [-0.2, 0) is 17.7 Å². The SMILES string of the molecule is COCCOc1cc(F)ccc1-c1c(-c2ccc(=O)n(C3CCN(C)C3)c2)nc(-c2ccc3c(c2)CCNC3)c2ccsc12. The van der Waals surface area contributed by atoms with Gasteiger partial charge in [0.2, 0.25) is 0 Å². The molecule has 5 heterocycles. The Kier molecular flexibility index (Phi) is 8.03. The average Bonchev–Trinajstić information content (AvgIpc) is 3.70. The fourth-order valence-electron chi connectivity index (χ4n) is 6.45. The number of ether oxygens (including phenoxy) is 2. The molecule has 0 bridgehead atoms. The van der Waals surface area contributed by atoms with Gasteiger partial charge < -0.3 is 24.3 Å². The molecule has 5 aromatic rings. The number of likely N-dealkylation sites (tertiary alicyclic amines) is 1. The van der Waals surface area contributed by atoms with Crippen LogP contribution >= 0.6 is 11.3 Å². The molecule has 0 spiro atoms. The Labute approximate surface area is 259 Å². The van der Waals surface area contributed by atoms with Crippen LogP contribution in [0.2, 0.25) is 0 Å². The maximum Gasteiger partial charge on any atom is 0.250 e. The Morgan fingerprint density at radius 1 is 1.05 bits per heavy atom. The van der Waals surface area contributed by atoms with Gasteiger partial charge in [0.1, 0.15) is 18.2 Å². The first-order chi connectivity index (χ1) is 21.5. The van der Waals surface area contributed by atoms with E-state index in [0.29, 0.717) is 12.4 Å². The molecule has 0 saturated carbocycles. The van der Waals surface area contributed by atoms with E-state index in [1.54, 1.807) is 30.6 Å². The summed E-state index contributed by atoms with van der Waals surface area (Å²) >= 11 is 1.63. The van der Waals surface area contributed by atoms with Gasteiger partial charge in [0.05, 0.1) is 24.0 Å². The van der Waals surface area contributed by atoms with Crippen LogP contribution in [0.1, 0.15) is 23.6 Å². The van der Waals surface area contributed by atoms with E-state index in [9.17, 15) is 9.18 Å². The predicted octanol–water partition coefficient (Wildman–Crippen LogP) is 6.15. The summed E-state index contributed by atoms with van der Waals surface area (Å²) in [7, 11) is 3.69. The van der Waals surface area contributed by atoms with Crippen molar-refractivity contribution < 1.29 is 13.9 Å². The molecular weight excluding hydrogens is 575 g/mol. The van der Waals surface area contributed by atoms with Gasteiger partial charge in [0.15, 0.2) is 0 Å². The minimum Gasteiger partial charge on any atom is -0.490 e. The summed E-state index contributed by atoms with van der Waals surface area (Å²) in [5.74, 6) is 0.0525. The summed E-state index contributed by atoms with van der Waals surface area (Å²) in [5.41, 5.74) is 7.76. The molecule has 226 valence electrons. The Hall–Kier alpha value is -3.89. The van der Waals surface area contributed by atoms with Crippen LogP contribution in [0.5, 0.6) is 5.75 Å². The van der Waals surface area contributed by atoms with Crippen LogP contribution in [0.25, 0.3) is 43.7 Å². The molecule has 1 fully saturated rings. The molecular formula is C35H35FN4O3S. The summed E-state index contributed by atoms with van der Waals surface area (Å²) in [5, 5.41) is 6.56. The molecule has 7 nitrogen and oxygen atoms in total. The molecule has 7 rings (SSSR count). The summed E-state index contributed by atoms with van der Waals surface area (Å²) in [6.07, 6.45) is 3.84. The Morgan fingerprint density at radius 2 is 1.93 bits per heavy atom. The second-order valence-electron chi connectivity index (χ2n) is 11.6. The first-order valence-corrected chi connectivity index (χ1v) is 15.9. The lowest BCUT2D eigenvalue weighted by Crippen LogP contribution is -2.25. The van der Waals surface area contributed by atoms with Gasteiger partial charge in [-0.1, -0.05) is 12.1 Å². The van der Waals surface area contributed by atoms with Gasteiger partial charge in [-0.15, -0.1) is 11.3 Å². The second-order valence-corrected chi connectivity index (χ2v) is 12.5. The zero-order chi connectivity index (χ0) is 30.2. The van der Waals surface area contributed by atoms with Crippen molar-refractivity contribution in [3.63, 3.8) is 0 Å². The number of nitrogens with one attached hydrogen (secondary N) is 1. The van der Waals surface area contributed by atoms with Crippen molar-refractivity contribution in [1.29, 1.82) is 0 Å². The molecule has 3 aromatic heterocycles. The average molecular weight is 611 g/mol. The maximum atomic E-state index is 14.6. The van der Waals surface area contributed by atoms with Crippen molar-refractivity contribution in [2.45, 2.75) is 25.4 Å². The molecule has 0 aliphatic carbocycles. The molecule has 0 radical (unpaired) electrons. The van der Waals surface area contributed by atoms with E-state index in [1.807, 2.05) is 16.8 Å². The van der Waals surface area contributed by atoms with Gasteiger partial charge in [-0.25, -0.2) is 9.37 Å². The summed E-state index contributed by atoms with van der Waals surface area (Å²) < 4.78 is 28.8. The fraction of sp³-hybridized carbons (Fsp3) is 0.314. The van der Waals surface area contributed by atoms with E-state index < -0.39 is 0 Å². The quantitative estimate of drug-likeness (QED) is 0.213. The number of thiophene rings is 1. The number of halogens is 1. The number of rotatable bonds is 8. The third-order valence-corrected chi connectivity index (χ3v) is 9.64. The highest BCUT2D eigenvalue weighted by Gasteiger charge is 2.26. The summed E-state index contributed by atoms with van der Waals surface area (Å²) in [4.78, 5) is 20.8. The van der Waals surface area contributed by atoms with E-state index in [0.717, 1.165) is 82.7 Å². The maximum absolute atomic E-state index is 14.6. The highest BCUT2D eigenvalue weighted by Crippen LogP contribution is 2.46. The number of hydrogen-bond acceptors (Lipinski definition) is 7. The van der Waals surface area contributed by atoms with Crippen molar-refractivity contribution in [2.75, 3.05) is 47.0 Å². The van der Waals surface area contributed by atoms with E-state index in [-0.39, 0.29) is 24.0 Å². The Morgan fingerprint density at radius 3 is 2.77 bits per heavy atom. The van der Waals surface area contributed by atoms with E-state index in [4.69, 9.17) is 14.5 Å². The first kappa shape index (κ1) is 28.9. The normalized spacial score (nSPS) is 16.8. The largest absolute Gasteiger partial charge is 0.490 e. The third-order valence-electron chi connectivity index (χ3n) is 8.70. The van der Waals surface area contributed by atoms with E-state index in [2.05, 4.69) is 46.9 Å². The van der Waals surface area contributed by atoms with Crippen LogP contribution in [0.4, 0.5) is 4.39 Å². The molecule has 1 atom stereocenters. The monoisotopic (exact) mass is 610 g/mol. The van der Waals surface area contributed by atoms with Gasteiger partial charge in [0.25, 0.3) is 5.56 Å². The van der Waals surface area contributed by atoms with Crippen molar-refractivity contribution >= 4 is 21.4 Å². The number of aromatic nitrogens is 2. The molecule has 2 aliphatic heterocycles. The molecule has 9 heteroatoms. The van der Waals surface area contributed by atoms with Crippen LogP contribution in [0.15, 0.2) is 71.0 Å². The molecule has 2 aromatic carbocycles. The number of methoxy groups -OCH3 is 1. The van der Waals surface area contributed by atoms with E-state index >= 15 is 0 Å². The molecule has 44 heavy (non-hydrogen) atoms. The lowest BCUT2D eigenvalue weighted by molar-refractivity contribution is 0.146. The number of hydrogen-bond donors (Lipinski definition) is 1. The van der Waals surface area contributed by atoms with Gasteiger partial charge >= 0.3 is 0 Å². The standard InChI is InChI=1S/C35H35FN4O3S/c1-39-13-10-27(21-39)40-20-25(5-8-31(40)41)34-32(28-7-6-26(36)18-30(28)43-15-14-42-2)35-29(11-16-44-35)33(38-34)23-3-4-24-19-37-12-9-22(24)17-23/h3-8,11,16-18,20,27,37H,9-10,12-15,19,21H2,1-2H3. The Balaban J connectivity index is 1.48. The molecule has 1 N–H and O–H groups in total. The summed E-state index contributed by atoms with van der Waals surface area (Å²) in [6, 6.07) is 17.0. The van der Waals surface area contributed by atoms with Crippen LogP contribution in [0.3, 0.4) is 0 Å². The lowest BCUT2D eigenvalue weighted by atomic mass is 9.93. The first-order valence-electron chi connectivity index (χ1n) is 15.1. The fourth-order valence-corrected chi connectivity index (χ4v) is 7.41. The van der Waals surface area contributed by atoms with Crippen LogP contribution in [-0.4, -0.2) is 61.5 Å². The van der Waals surface area contributed by atoms with Crippen molar-refractivity contribution in [1.82, 2.24) is 19.8 Å².